The van der Waals surface area contributed by atoms with E-state index in [1.165, 1.54) is 51.6 Å². The molecule has 3 heteroatoms. The Morgan fingerprint density at radius 2 is 1.71 bits per heavy atom. The van der Waals surface area contributed by atoms with Gasteiger partial charge in [0.15, 0.2) is 0 Å². The number of hydrogen-bond acceptors (Lipinski definition) is 2. The Bertz CT molecular complexity index is 287. The largest absolute Gasteiger partial charge is 0.459 e. The molecular weight excluding hydrogens is 262 g/mol. The van der Waals surface area contributed by atoms with E-state index in [1.54, 1.807) is 0 Å². The normalized spacial score (nSPS) is 19.2. The fraction of sp³-hybridized carbons (Fsp3) is 0.944. The molecule has 124 valence electrons. The highest BCUT2D eigenvalue weighted by Crippen LogP contribution is 2.24. The van der Waals surface area contributed by atoms with Gasteiger partial charge in [-0.2, -0.15) is 0 Å². The number of esters is 1. The smallest absolute Gasteiger partial charge is 0.309 e. The molecule has 1 atom stereocenters. The Labute approximate surface area is 131 Å². The van der Waals surface area contributed by atoms with Crippen LogP contribution in [0.25, 0.3) is 0 Å². The Kier molecular flexibility index (Phi) is 8.98. The maximum absolute atomic E-state index is 12.1. The molecule has 0 N–H and O–H groups in total. The van der Waals surface area contributed by atoms with Crippen LogP contribution in [-0.4, -0.2) is 43.2 Å². The molecule has 1 rings (SSSR count). The molecule has 21 heavy (non-hydrogen) atoms. The summed E-state index contributed by atoms with van der Waals surface area (Å²) in [6, 6.07) is 0. The summed E-state index contributed by atoms with van der Waals surface area (Å²) >= 11 is 0. The average molecular weight is 298 g/mol. The first-order chi connectivity index (χ1) is 10.2. The summed E-state index contributed by atoms with van der Waals surface area (Å²) in [7, 11) is 0. The molecule has 0 aromatic carbocycles. The zero-order valence-electron chi connectivity index (χ0n) is 14.5. The average Bonchev–Trinajstić information content (AvgIpc) is 2.53. The third-order valence-electron chi connectivity index (χ3n) is 5.10. The van der Waals surface area contributed by atoms with Gasteiger partial charge in [-0.25, -0.2) is 0 Å². The van der Waals surface area contributed by atoms with Gasteiger partial charge in [0.1, 0.15) is 13.2 Å². The molecule has 1 aliphatic rings. The molecule has 0 aliphatic heterocycles. The lowest BCUT2D eigenvalue weighted by Crippen LogP contribution is -2.51. The Hall–Kier alpha value is -0.570. The number of unbranched alkanes of at least 4 members (excludes halogenated alkanes) is 1. The Balaban J connectivity index is 2.38. The number of carbonyl (C=O) groups excluding carboxylic acids is 1. The molecule has 0 heterocycles. The van der Waals surface area contributed by atoms with Gasteiger partial charge >= 0.3 is 5.97 Å². The van der Waals surface area contributed by atoms with Crippen LogP contribution in [0.1, 0.15) is 72.1 Å². The number of ether oxygens (including phenoxy) is 1. The minimum Gasteiger partial charge on any atom is -0.459 e. The van der Waals surface area contributed by atoms with E-state index in [-0.39, 0.29) is 11.9 Å². The SMILES string of the molecule is CCCC[N+](CC)(CCC)CCOC(=O)C1CCCCC1. The molecular formula is C18H36NO2+. The zero-order valence-corrected chi connectivity index (χ0v) is 14.5. The van der Waals surface area contributed by atoms with Crippen LogP contribution in [0.3, 0.4) is 0 Å². The second-order valence-electron chi connectivity index (χ2n) is 6.68. The van der Waals surface area contributed by atoms with Gasteiger partial charge in [0.05, 0.1) is 25.6 Å². The van der Waals surface area contributed by atoms with Crippen molar-refractivity contribution < 1.29 is 14.0 Å². The topological polar surface area (TPSA) is 26.3 Å². The highest BCUT2D eigenvalue weighted by Gasteiger charge is 2.26. The molecule has 1 saturated carbocycles. The lowest BCUT2D eigenvalue weighted by atomic mass is 9.89. The van der Waals surface area contributed by atoms with Crippen molar-refractivity contribution in [3.63, 3.8) is 0 Å². The number of carbonyl (C=O) groups is 1. The van der Waals surface area contributed by atoms with Crippen LogP contribution < -0.4 is 0 Å². The van der Waals surface area contributed by atoms with E-state index in [2.05, 4.69) is 20.8 Å². The van der Waals surface area contributed by atoms with Crippen LogP contribution in [0.5, 0.6) is 0 Å². The summed E-state index contributed by atoms with van der Waals surface area (Å²) in [5.74, 6) is 0.250. The number of hydrogen-bond donors (Lipinski definition) is 0. The van der Waals surface area contributed by atoms with E-state index >= 15 is 0 Å². The predicted octanol–water partition coefficient (Wildman–Crippen LogP) is 4.16. The molecule has 1 aliphatic carbocycles. The molecule has 1 fully saturated rings. The van der Waals surface area contributed by atoms with Crippen LogP contribution in [0.4, 0.5) is 0 Å². The number of quaternary nitrogens is 1. The molecule has 0 bridgehead atoms. The van der Waals surface area contributed by atoms with Gasteiger partial charge in [0.2, 0.25) is 0 Å². The van der Waals surface area contributed by atoms with Crippen molar-refractivity contribution in [2.75, 3.05) is 32.8 Å². The fourth-order valence-electron chi connectivity index (χ4n) is 3.57. The van der Waals surface area contributed by atoms with Crippen molar-refractivity contribution in [3.05, 3.63) is 0 Å². The lowest BCUT2D eigenvalue weighted by Gasteiger charge is -2.37. The van der Waals surface area contributed by atoms with Crippen LogP contribution in [0, 0.1) is 5.92 Å². The van der Waals surface area contributed by atoms with Crippen molar-refractivity contribution in [1.29, 1.82) is 0 Å². The fourth-order valence-corrected chi connectivity index (χ4v) is 3.57. The van der Waals surface area contributed by atoms with Gasteiger partial charge in [0.25, 0.3) is 0 Å². The van der Waals surface area contributed by atoms with Gasteiger partial charge in [-0.3, -0.25) is 4.79 Å². The summed E-state index contributed by atoms with van der Waals surface area (Å²) in [5.41, 5.74) is 0. The van der Waals surface area contributed by atoms with Crippen LogP contribution >= 0.6 is 0 Å². The third-order valence-corrected chi connectivity index (χ3v) is 5.10. The summed E-state index contributed by atoms with van der Waals surface area (Å²) in [6.07, 6.45) is 9.47. The van der Waals surface area contributed by atoms with Crippen molar-refractivity contribution in [2.45, 2.75) is 72.1 Å². The van der Waals surface area contributed by atoms with E-state index in [4.69, 9.17) is 4.74 Å². The maximum atomic E-state index is 12.1. The first kappa shape index (κ1) is 18.5. The second kappa shape index (κ2) is 10.2. The minimum atomic E-state index is 0.0656. The highest BCUT2D eigenvalue weighted by atomic mass is 16.5. The van der Waals surface area contributed by atoms with Crippen molar-refractivity contribution >= 4 is 5.97 Å². The van der Waals surface area contributed by atoms with Crippen molar-refractivity contribution in [2.24, 2.45) is 5.92 Å². The zero-order chi connectivity index (χ0) is 15.6. The second-order valence-corrected chi connectivity index (χ2v) is 6.68. The van der Waals surface area contributed by atoms with E-state index in [0.29, 0.717) is 6.61 Å². The molecule has 0 aromatic rings. The van der Waals surface area contributed by atoms with Gasteiger partial charge < -0.3 is 9.22 Å². The number of nitrogens with zero attached hydrogens (tertiary/aromatic N) is 1. The first-order valence-corrected chi connectivity index (χ1v) is 9.19. The van der Waals surface area contributed by atoms with Crippen LogP contribution in [-0.2, 0) is 9.53 Å². The first-order valence-electron chi connectivity index (χ1n) is 9.19. The van der Waals surface area contributed by atoms with Gasteiger partial charge in [-0.15, -0.1) is 0 Å². The van der Waals surface area contributed by atoms with E-state index < -0.39 is 0 Å². The van der Waals surface area contributed by atoms with E-state index in [9.17, 15) is 4.79 Å². The predicted molar refractivity (Wildman–Crippen MR) is 88.1 cm³/mol. The molecule has 3 nitrogen and oxygen atoms in total. The van der Waals surface area contributed by atoms with Gasteiger partial charge in [-0.1, -0.05) is 39.5 Å². The highest BCUT2D eigenvalue weighted by molar-refractivity contribution is 5.72. The van der Waals surface area contributed by atoms with Crippen molar-refractivity contribution in [1.82, 2.24) is 0 Å². The van der Waals surface area contributed by atoms with E-state index in [1.807, 2.05) is 0 Å². The minimum absolute atomic E-state index is 0.0656. The molecule has 0 saturated heterocycles. The maximum Gasteiger partial charge on any atom is 0.309 e. The lowest BCUT2D eigenvalue weighted by molar-refractivity contribution is -0.927. The molecule has 0 amide bonds. The quantitative estimate of drug-likeness (QED) is 0.447. The number of rotatable bonds is 10. The van der Waals surface area contributed by atoms with Gasteiger partial charge in [0, 0.05) is 0 Å². The summed E-state index contributed by atoms with van der Waals surface area (Å²) in [6.45, 7) is 11.9. The summed E-state index contributed by atoms with van der Waals surface area (Å²) in [5, 5.41) is 0. The molecule has 0 radical (unpaired) electrons. The Morgan fingerprint density at radius 1 is 1.00 bits per heavy atom. The molecule has 0 spiro atoms. The molecule has 1 unspecified atom stereocenters. The third kappa shape index (κ3) is 6.37. The van der Waals surface area contributed by atoms with Crippen molar-refractivity contribution in [3.8, 4) is 0 Å². The van der Waals surface area contributed by atoms with Crippen LogP contribution in [0.15, 0.2) is 0 Å². The number of likely N-dealkylation sites (N-methyl/N-ethyl adjacent to an activating group) is 1. The Morgan fingerprint density at radius 3 is 2.29 bits per heavy atom. The summed E-state index contributed by atoms with van der Waals surface area (Å²) in [4.78, 5) is 12.1. The molecule has 0 aromatic heterocycles. The summed E-state index contributed by atoms with van der Waals surface area (Å²) < 4.78 is 6.72. The van der Waals surface area contributed by atoms with E-state index in [0.717, 1.165) is 30.4 Å². The van der Waals surface area contributed by atoms with Crippen LogP contribution in [0.2, 0.25) is 0 Å². The monoisotopic (exact) mass is 298 g/mol. The standard InChI is InChI=1S/C18H36NO2/c1-4-7-14-19(6-3,13-5-2)15-16-21-18(20)17-11-9-8-10-12-17/h17H,4-16H2,1-3H3/q+1. The van der Waals surface area contributed by atoms with Gasteiger partial charge in [-0.05, 0) is 32.6 Å².